The molecule has 2 amide bonds. The number of nitrogens with one attached hydrogen (secondary N) is 1. The molecule has 1 heterocycles. The van der Waals surface area contributed by atoms with Crippen LogP contribution in [-0.4, -0.2) is 37.7 Å². The predicted molar refractivity (Wildman–Crippen MR) is 125 cm³/mol. The molecular formula is C26H24N2O6. The second kappa shape index (κ2) is 10.1. The van der Waals surface area contributed by atoms with E-state index in [9.17, 15) is 14.4 Å². The SMILES string of the molecule is CC(OC(=O)c1ccccc1C(=O)N(C)c1ccccc1)C(=O)NCc1ccc2c(c1)OCO2. The Labute approximate surface area is 197 Å². The molecule has 0 radical (unpaired) electrons. The summed E-state index contributed by atoms with van der Waals surface area (Å²) in [6.45, 7) is 1.88. The van der Waals surface area contributed by atoms with E-state index in [-0.39, 0.29) is 30.4 Å². The number of rotatable bonds is 7. The number of hydrogen-bond acceptors (Lipinski definition) is 6. The molecule has 0 bridgehead atoms. The first kappa shape index (κ1) is 22.8. The highest BCUT2D eigenvalue weighted by Crippen LogP contribution is 2.32. The number of fused-ring (bicyclic) bond motifs is 1. The molecule has 0 fully saturated rings. The van der Waals surface area contributed by atoms with E-state index in [0.717, 1.165) is 5.56 Å². The summed E-state index contributed by atoms with van der Waals surface area (Å²) in [6, 6.07) is 20.8. The van der Waals surface area contributed by atoms with E-state index in [2.05, 4.69) is 5.32 Å². The number of amides is 2. The van der Waals surface area contributed by atoms with E-state index < -0.39 is 18.0 Å². The fourth-order valence-electron chi connectivity index (χ4n) is 3.46. The van der Waals surface area contributed by atoms with E-state index in [1.54, 1.807) is 49.5 Å². The first-order valence-electron chi connectivity index (χ1n) is 10.7. The highest BCUT2D eigenvalue weighted by Gasteiger charge is 2.25. The van der Waals surface area contributed by atoms with Crippen molar-refractivity contribution in [2.24, 2.45) is 0 Å². The smallest absolute Gasteiger partial charge is 0.339 e. The van der Waals surface area contributed by atoms with Gasteiger partial charge in [-0.15, -0.1) is 0 Å². The molecule has 0 aliphatic carbocycles. The molecule has 1 aliphatic rings. The second-order valence-corrected chi connectivity index (χ2v) is 7.70. The van der Waals surface area contributed by atoms with Crippen LogP contribution in [0, 0.1) is 0 Å². The molecule has 34 heavy (non-hydrogen) atoms. The highest BCUT2D eigenvalue weighted by molar-refractivity contribution is 6.12. The molecule has 174 valence electrons. The average Bonchev–Trinajstić information content (AvgIpc) is 3.34. The third kappa shape index (κ3) is 5.01. The van der Waals surface area contributed by atoms with E-state index in [1.807, 2.05) is 24.3 Å². The maximum atomic E-state index is 13.0. The fraction of sp³-hybridized carbons (Fsp3) is 0.192. The van der Waals surface area contributed by atoms with Crippen LogP contribution >= 0.6 is 0 Å². The van der Waals surface area contributed by atoms with E-state index in [0.29, 0.717) is 17.2 Å². The number of esters is 1. The standard InChI is InChI=1S/C26H24N2O6/c1-17(24(29)27-15-18-12-13-22-23(14-18)33-16-32-22)34-26(31)21-11-7-6-10-20(21)25(30)28(2)19-8-4-3-5-9-19/h3-14,17H,15-16H2,1-2H3,(H,27,29). The zero-order chi connectivity index (χ0) is 24.1. The van der Waals surface area contributed by atoms with Crippen LogP contribution in [0.3, 0.4) is 0 Å². The molecule has 1 unspecified atom stereocenters. The summed E-state index contributed by atoms with van der Waals surface area (Å²) in [5.41, 5.74) is 1.78. The molecular weight excluding hydrogens is 436 g/mol. The van der Waals surface area contributed by atoms with Crippen molar-refractivity contribution in [3.63, 3.8) is 0 Å². The highest BCUT2D eigenvalue weighted by atomic mass is 16.7. The third-order valence-electron chi connectivity index (χ3n) is 5.38. The lowest BCUT2D eigenvalue weighted by molar-refractivity contribution is -0.129. The zero-order valence-electron chi connectivity index (χ0n) is 18.8. The summed E-state index contributed by atoms with van der Waals surface area (Å²) in [5.74, 6) is -0.303. The molecule has 0 spiro atoms. The van der Waals surface area contributed by atoms with Gasteiger partial charge in [-0.2, -0.15) is 0 Å². The summed E-state index contributed by atoms with van der Waals surface area (Å²) in [4.78, 5) is 39.9. The molecule has 1 aliphatic heterocycles. The minimum Gasteiger partial charge on any atom is -0.454 e. The lowest BCUT2D eigenvalue weighted by Gasteiger charge is -2.19. The molecule has 1 atom stereocenters. The van der Waals surface area contributed by atoms with Gasteiger partial charge in [0.1, 0.15) is 0 Å². The predicted octanol–water partition coefficient (Wildman–Crippen LogP) is 3.55. The Morgan fingerprint density at radius 3 is 2.38 bits per heavy atom. The van der Waals surface area contributed by atoms with Crippen LogP contribution in [0.5, 0.6) is 11.5 Å². The van der Waals surface area contributed by atoms with Gasteiger partial charge in [0, 0.05) is 19.3 Å². The van der Waals surface area contributed by atoms with E-state index in [4.69, 9.17) is 14.2 Å². The lowest BCUT2D eigenvalue weighted by Crippen LogP contribution is -2.36. The molecule has 0 aromatic heterocycles. The number of para-hydroxylation sites is 1. The number of ether oxygens (including phenoxy) is 3. The Morgan fingerprint density at radius 1 is 0.941 bits per heavy atom. The van der Waals surface area contributed by atoms with Gasteiger partial charge in [0.2, 0.25) is 6.79 Å². The monoisotopic (exact) mass is 460 g/mol. The molecule has 4 rings (SSSR count). The molecule has 3 aromatic carbocycles. The van der Waals surface area contributed by atoms with Gasteiger partial charge in [-0.1, -0.05) is 36.4 Å². The van der Waals surface area contributed by atoms with Gasteiger partial charge in [0.15, 0.2) is 17.6 Å². The van der Waals surface area contributed by atoms with Crippen LogP contribution in [0.1, 0.15) is 33.2 Å². The van der Waals surface area contributed by atoms with Gasteiger partial charge in [0.25, 0.3) is 11.8 Å². The number of hydrogen-bond donors (Lipinski definition) is 1. The van der Waals surface area contributed by atoms with Crippen LogP contribution in [0.4, 0.5) is 5.69 Å². The van der Waals surface area contributed by atoms with Gasteiger partial charge < -0.3 is 24.4 Å². The Morgan fingerprint density at radius 2 is 1.62 bits per heavy atom. The van der Waals surface area contributed by atoms with Crippen molar-refractivity contribution in [3.05, 3.63) is 89.5 Å². The Balaban J connectivity index is 1.39. The molecule has 8 nitrogen and oxygen atoms in total. The van der Waals surface area contributed by atoms with Gasteiger partial charge in [-0.25, -0.2) is 4.79 Å². The minimum atomic E-state index is -1.06. The Bertz CT molecular complexity index is 1210. The van der Waals surface area contributed by atoms with Crippen molar-refractivity contribution in [1.29, 1.82) is 0 Å². The molecule has 0 saturated carbocycles. The maximum Gasteiger partial charge on any atom is 0.339 e. The van der Waals surface area contributed by atoms with Gasteiger partial charge in [0.05, 0.1) is 11.1 Å². The third-order valence-corrected chi connectivity index (χ3v) is 5.38. The zero-order valence-corrected chi connectivity index (χ0v) is 18.8. The van der Waals surface area contributed by atoms with Crippen LogP contribution in [0.25, 0.3) is 0 Å². The average molecular weight is 460 g/mol. The van der Waals surface area contributed by atoms with Gasteiger partial charge in [-0.3, -0.25) is 9.59 Å². The van der Waals surface area contributed by atoms with Crippen molar-refractivity contribution in [3.8, 4) is 11.5 Å². The fourth-order valence-corrected chi connectivity index (χ4v) is 3.46. The first-order valence-corrected chi connectivity index (χ1v) is 10.7. The number of carbonyl (C=O) groups excluding carboxylic acids is 3. The second-order valence-electron chi connectivity index (χ2n) is 7.70. The summed E-state index contributed by atoms with van der Waals surface area (Å²) in [6.07, 6.45) is -1.06. The summed E-state index contributed by atoms with van der Waals surface area (Å²) in [5, 5.41) is 2.74. The molecule has 3 aromatic rings. The van der Waals surface area contributed by atoms with E-state index >= 15 is 0 Å². The number of carbonyl (C=O) groups is 3. The Kier molecular flexibility index (Phi) is 6.77. The van der Waals surface area contributed by atoms with Crippen LogP contribution in [0.2, 0.25) is 0 Å². The first-order chi connectivity index (χ1) is 16.4. The Hall–Kier alpha value is -4.33. The topological polar surface area (TPSA) is 94.2 Å². The minimum absolute atomic E-state index is 0.0886. The summed E-state index contributed by atoms with van der Waals surface area (Å²) < 4.78 is 16.0. The van der Waals surface area contributed by atoms with Crippen LogP contribution in [0.15, 0.2) is 72.8 Å². The van der Waals surface area contributed by atoms with Crippen molar-refractivity contribution in [2.45, 2.75) is 19.6 Å². The van der Waals surface area contributed by atoms with Gasteiger partial charge in [-0.05, 0) is 48.9 Å². The van der Waals surface area contributed by atoms with Crippen molar-refractivity contribution in [2.75, 3.05) is 18.7 Å². The van der Waals surface area contributed by atoms with Crippen molar-refractivity contribution in [1.82, 2.24) is 5.32 Å². The largest absolute Gasteiger partial charge is 0.454 e. The van der Waals surface area contributed by atoms with Crippen molar-refractivity contribution >= 4 is 23.5 Å². The van der Waals surface area contributed by atoms with Gasteiger partial charge >= 0.3 is 5.97 Å². The number of nitrogens with zero attached hydrogens (tertiary/aromatic N) is 1. The molecule has 8 heteroatoms. The summed E-state index contributed by atoms with van der Waals surface area (Å²) in [7, 11) is 1.63. The summed E-state index contributed by atoms with van der Waals surface area (Å²) >= 11 is 0. The normalized spacial score (nSPS) is 12.5. The number of benzene rings is 3. The number of anilines is 1. The lowest BCUT2D eigenvalue weighted by atomic mass is 10.1. The maximum absolute atomic E-state index is 13.0. The van der Waals surface area contributed by atoms with E-state index in [1.165, 1.54) is 17.9 Å². The quantitative estimate of drug-likeness (QED) is 0.542. The molecule has 1 N–H and O–H groups in total. The van der Waals surface area contributed by atoms with Crippen LogP contribution in [-0.2, 0) is 16.1 Å². The van der Waals surface area contributed by atoms with Crippen molar-refractivity contribution < 1.29 is 28.6 Å². The van der Waals surface area contributed by atoms with Crippen LogP contribution < -0.4 is 19.7 Å². The molecule has 0 saturated heterocycles.